The summed E-state index contributed by atoms with van der Waals surface area (Å²) in [6.45, 7) is 15.7. The molecule has 0 saturated carbocycles. The van der Waals surface area contributed by atoms with E-state index < -0.39 is 5.60 Å². The Bertz CT molecular complexity index is 1590. The minimum Gasteiger partial charge on any atom is -0.444 e. The summed E-state index contributed by atoms with van der Waals surface area (Å²) in [7, 11) is 0. The van der Waals surface area contributed by atoms with Gasteiger partial charge in [0.25, 0.3) is 0 Å². The maximum absolute atomic E-state index is 12.6. The van der Waals surface area contributed by atoms with Crippen LogP contribution in [0.15, 0.2) is 48.7 Å². The summed E-state index contributed by atoms with van der Waals surface area (Å²) in [5.74, 6) is 0. The Hall–Kier alpha value is -3.82. The highest BCUT2D eigenvalue weighted by Crippen LogP contribution is 2.34. The summed E-state index contributed by atoms with van der Waals surface area (Å²) in [6, 6.07) is 15.2. The molecule has 0 unspecified atom stereocenters. The molecule has 6 rings (SSSR count). The van der Waals surface area contributed by atoms with E-state index in [-0.39, 0.29) is 12.1 Å². The molecule has 2 saturated heterocycles. The second-order valence-electron chi connectivity index (χ2n) is 12.7. The van der Waals surface area contributed by atoms with Crippen LogP contribution < -0.4 is 0 Å². The van der Waals surface area contributed by atoms with Gasteiger partial charge in [-0.15, -0.1) is 0 Å². The molecule has 226 valence electrons. The van der Waals surface area contributed by atoms with E-state index in [2.05, 4.69) is 46.8 Å². The number of aryl methyl sites for hydroxylation is 1. The monoisotopic (exact) mass is 582 g/mol. The van der Waals surface area contributed by atoms with Gasteiger partial charge in [0.1, 0.15) is 5.60 Å². The van der Waals surface area contributed by atoms with Gasteiger partial charge in [0.05, 0.1) is 47.9 Å². The summed E-state index contributed by atoms with van der Waals surface area (Å²) >= 11 is 0. The lowest BCUT2D eigenvalue weighted by molar-refractivity contribution is 0.0184. The number of para-hydroxylation sites is 1. The number of ether oxygens (including phenoxy) is 2. The van der Waals surface area contributed by atoms with Crippen molar-refractivity contribution in [1.82, 2.24) is 29.5 Å². The highest BCUT2D eigenvalue weighted by Gasteiger charge is 2.29. The van der Waals surface area contributed by atoms with E-state index in [1.165, 1.54) is 5.56 Å². The van der Waals surface area contributed by atoms with E-state index in [1.807, 2.05) is 46.0 Å². The largest absolute Gasteiger partial charge is 0.444 e. The molecule has 0 radical (unpaired) electrons. The summed E-state index contributed by atoms with van der Waals surface area (Å²) in [5.41, 5.74) is 8.63. The van der Waals surface area contributed by atoms with Crippen molar-refractivity contribution in [3.05, 3.63) is 65.6 Å². The topological polar surface area (TPSA) is 85.6 Å². The van der Waals surface area contributed by atoms with Crippen molar-refractivity contribution in [1.29, 1.82) is 0 Å². The summed E-state index contributed by atoms with van der Waals surface area (Å²) in [5, 5.41) is 4.96. The standard InChI is InChI=1S/C34H42N6O3/c1-23-31(24(2)40(37-23)27-13-15-39(16-14-27)33(41)43-34(3,4)5)30-21-35-29-8-6-7-28(32(29)36-30)26-11-9-25(10-12-26)22-38-17-19-42-20-18-38/h6-12,21,27H,13-20,22H2,1-5H3. The average molecular weight is 583 g/mol. The molecular formula is C34H42N6O3. The normalized spacial score (nSPS) is 17.0. The summed E-state index contributed by atoms with van der Waals surface area (Å²) < 4.78 is 13.2. The Labute approximate surface area is 253 Å². The Morgan fingerprint density at radius 3 is 2.42 bits per heavy atom. The number of aromatic nitrogens is 4. The fourth-order valence-electron chi connectivity index (χ4n) is 6.20. The molecule has 2 fully saturated rings. The van der Waals surface area contributed by atoms with E-state index in [1.54, 1.807) is 4.90 Å². The third-order valence-electron chi connectivity index (χ3n) is 8.39. The Morgan fingerprint density at radius 2 is 1.72 bits per heavy atom. The minimum atomic E-state index is -0.494. The minimum absolute atomic E-state index is 0.214. The van der Waals surface area contributed by atoms with Crippen LogP contribution in [0.25, 0.3) is 33.4 Å². The maximum atomic E-state index is 12.6. The van der Waals surface area contributed by atoms with Crippen molar-refractivity contribution in [3.8, 4) is 22.4 Å². The van der Waals surface area contributed by atoms with Crippen molar-refractivity contribution >= 4 is 17.1 Å². The van der Waals surface area contributed by atoms with Crippen molar-refractivity contribution in [3.63, 3.8) is 0 Å². The second kappa shape index (κ2) is 12.1. The van der Waals surface area contributed by atoms with Gasteiger partial charge in [-0.2, -0.15) is 5.10 Å². The van der Waals surface area contributed by atoms with Crippen molar-refractivity contribution < 1.29 is 14.3 Å². The van der Waals surface area contributed by atoms with Gasteiger partial charge in [0.2, 0.25) is 0 Å². The molecule has 2 aliphatic heterocycles. The highest BCUT2D eigenvalue weighted by atomic mass is 16.6. The number of morpholine rings is 1. The number of hydrogen-bond acceptors (Lipinski definition) is 7. The Morgan fingerprint density at radius 1 is 1.00 bits per heavy atom. The van der Waals surface area contributed by atoms with E-state index in [4.69, 9.17) is 24.5 Å². The number of benzene rings is 2. The van der Waals surface area contributed by atoms with Crippen LogP contribution in [-0.2, 0) is 16.0 Å². The molecule has 0 spiro atoms. The first-order valence-electron chi connectivity index (χ1n) is 15.4. The molecule has 0 bridgehead atoms. The number of carbonyl (C=O) groups is 1. The number of fused-ring (bicyclic) bond motifs is 1. The van der Waals surface area contributed by atoms with Crippen LogP contribution >= 0.6 is 0 Å². The lowest BCUT2D eigenvalue weighted by Crippen LogP contribution is -2.42. The van der Waals surface area contributed by atoms with Crippen LogP contribution in [0, 0.1) is 13.8 Å². The van der Waals surface area contributed by atoms with Crippen LogP contribution in [-0.4, -0.2) is 80.6 Å². The first-order valence-corrected chi connectivity index (χ1v) is 15.4. The lowest BCUT2D eigenvalue weighted by atomic mass is 10.0. The fourth-order valence-corrected chi connectivity index (χ4v) is 6.20. The number of likely N-dealkylation sites (tertiary alicyclic amines) is 1. The SMILES string of the molecule is Cc1nn(C2CCN(C(=O)OC(C)(C)C)CC2)c(C)c1-c1cnc2cccc(-c3ccc(CN4CCOCC4)cc3)c2n1. The van der Waals surface area contributed by atoms with Gasteiger partial charge in [0.15, 0.2) is 0 Å². The molecule has 0 atom stereocenters. The van der Waals surface area contributed by atoms with Gasteiger partial charge in [-0.3, -0.25) is 14.6 Å². The zero-order valence-corrected chi connectivity index (χ0v) is 26.0. The van der Waals surface area contributed by atoms with Gasteiger partial charge in [-0.25, -0.2) is 9.78 Å². The van der Waals surface area contributed by atoms with E-state index in [9.17, 15) is 4.79 Å². The van der Waals surface area contributed by atoms with Gasteiger partial charge in [-0.1, -0.05) is 36.4 Å². The molecule has 4 heterocycles. The molecule has 1 amide bonds. The van der Waals surface area contributed by atoms with Crippen LogP contribution in [0.1, 0.15) is 56.6 Å². The third-order valence-corrected chi connectivity index (χ3v) is 8.39. The number of nitrogens with zero attached hydrogens (tertiary/aromatic N) is 6. The predicted molar refractivity (Wildman–Crippen MR) is 168 cm³/mol. The molecule has 0 N–H and O–H groups in total. The van der Waals surface area contributed by atoms with E-state index in [0.29, 0.717) is 13.1 Å². The van der Waals surface area contributed by atoms with Crippen molar-refractivity contribution in [2.24, 2.45) is 0 Å². The lowest BCUT2D eigenvalue weighted by Gasteiger charge is -2.33. The van der Waals surface area contributed by atoms with Gasteiger partial charge < -0.3 is 14.4 Å². The molecule has 2 aromatic heterocycles. The second-order valence-corrected chi connectivity index (χ2v) is 12.7. The molecule has 0 aliphatic carbocycles. The van der Waals surface area contributed by atoms with Crippen LogP contribution in [0.5, 0.6) is 0 Å². The van der Waals surface area contributed by atoms with Crippen LogP contribution in [0.4, 0.5) is 4.79 Å². The van der Waals surface area contributed by atoms with Gasteiger partial charge in [-0.05, 0) is 64.7 Å². The molecule has 2 aliphatic rings. The molecule has 9 nitrogen and oxygen atoms in total. The number of piperidine rings is 1. The Balaban J connectivity index is 1.23. The molecular weight excluding hydrogens is 540 g/mol. The third kappa shape index (κ3) is 6.43. The molecule has 43 heavy (non-hydrogen) atoms. The fraction of sp³-hybridized carbons (Fsp3) is 0.471. The molecule has 9 heteroatoms. The number of amides is 1. The molecule has 2 aromatic carbocycles. The highest BCUT2D eigenvalue weighted by molar-refractivity contribution is 5.92. The van der Waals surface area contributed by atoms with E-state index >= 15 is 0 Å². The zero-order chi connectivity index (χ0) is 30.1. The first kappa shape index (κ1) is 29.3. The summed E-state index contributed by atoms with van der Waals surface area (Å²) in [6.07, 6.45) is 3.28. The number of carbonyl (C=O) groups excluding carboxylic acids is 1. The smallest absolute Gasteiger partial charge is 0.410 e. The van der Waals surface area contributed by atoms with Crippen molar-refractivity contribution in [2.45, 2.75) is 65.6 Å². The van der Waals surface area contributed by atoms with Gasteiger partial charge >= 0.3 is 6.09 Å². The predicted octanol–water partition coefficient (Wildman–Crippen LogP) is 6.18. The molecule has 4 aromatic rings. The summed E-state index contributed by atoms with van der Waals surface area (Å²) in [4.78, 5) is 26.8. The quantitative estimate of drug-likeness (QED) is 0.278. The van der Waals surface area contributed by atoms with Crippen LogP contribution in [0.3, 0.4) is 0 Å². The Kier molecular flexibility index (Phi) is 8.20. The van der Waals surface area contributed by atoms with E-state index in [0.717, 1.165) is 90.5 Å². The van der Waals surface area contributed by atoms with Crippen molar-refractivity contribution in [2.75, 3.05) is 39.4 Å². The van der Waals surface area contributed by atoms with Crippen LogP contribution in [0.2, 0.25) is 0 Å². The number of hydrogen-bond donors (Lipinski definition) is 0. The first-order chi connectivity index (χ1) is 20.7. The maximum Gasteiger partial charge on any atom is 0.410 e. The zero-order valence-electron chi connectivity index (χ0n) is 26.0. The van der Waals surface area contributed by atoms with Gasteiger partial charge in [0, 0.05) is 49.5 Å². The average Bonchev–Trinajstić information content (AvgIpc) is 3.30. The number of rotatable bonds is 5.